The highest BCUT2D eigenvalue weighted by Crippen LogP contribution is 2.30. The van der Waals surface area contributed by atoms with E-state index >= 15 is 0 Å². The van der Waals surface area contributed by atoms with E-state index in [1.807, 2.05) is 30.3 Å². The van der Waals surface area contributed by atoms with Crippen LogP contribution in [0, 0.1) is 0 Å². The van der Waals surface area contributed by atoms with Crippen molar-refractivity contribution in [3.63, 3.8) is 0 Å². The van der Waals surface area contributed by atoms with Crippen molar-refractivity contribution in [3.05, 3.63) is 59.7 Å². The Morgan fingerprint density at radius 3 is 2.19 bits per heavy atom. The van der Waals surface area contributed by atoms with Gasteiger partial charge in [0.15, 0.2) is 11.5 Å². The largest absolute Gasteiger partial charge is 0.493 e. The minimum Gasteiger partial charge on any atom is -0.493 e. The summed E-state index contributed by atoms with van der Waals surface area (Å²) in [4.78, 5) is 14.8. The van der Waals surface area contributed by atoms with Gasteiger partial charge in [0.05, 0.1) is 7.11 Å². The number of hydrogen-bond acceptors (Lipinski definition) is 4. The van der Waals surface area contributed by atoms with Crippen molar-refractivity contribution in [2.45, 2.75) is 59.5 Å². The lowest BCUT2D eigenvalue weighted by molar-refractivity contribution is -0.111. The number of hydrogen-bond donors (Lipinski definition) is 1. The maximum Gasteiger partial charge on any atom is 0.248 e. The summed E-state index contributed by atoms with van der Waals surface area (Å²) >= 11 is 0. The smallest absolute Gasteiger partial charge is 0.248 e. The molecular formula is C27H38N2O3. The van der Waals surface area contributed by atoms with E-state index in [4.69, 9.17) is 9.47 Å². The monoisotopic (exact) mass is 438 g/mol. The zero-order chi connectivity index (χ0) is 23.7. The molecule has 0 aliphatic heterocycles. The van der Waals surface area contributed by atoms with E-state index < -0.39 is 0 Å². The molecule has 0 atom stereocenters. The molecule has 2 aromatic rings. The van der Waals surface area contributed by atoms with E-state index in [9.17, 15) is 4.79 Å². The van der Waals surface area contributed by atoms with E-state index in [2.05, 4.69) is 63.9 Å². The number of carbonyl (C=O) groups excluding carboxylic acids is 1. The Morgan fingerprint density at radius 1 is 0.969 bits per heavy atom. The first-order chi connectivity index (χ1) is 15.2. The van der Waals surface area contributed by atoms with Crippen LogP contribution >= 0.6 is 0 Å². The van der Waals surface area contributed by atoms with Crippen LogP contribution in [0.4, 0.5) is 5.69 Å². The van der Waals surface area contributed by atoms with Gasteiger partial charge >= 0.3 is 0 Å². The number of methoxy groups -OCH3 is 1. The van der Waals surface area contributed by atoms with Crippen LogP contribution in [-0.2, 0) is 4.79 Å². The van der Waals surface area contributed by atoms with Gasteiger partial charge < -0.3 is 14.8 Å². The third-order valence-corrected chi connectivity index (χ3v) is 5.40. The minimum atomic E-state index is -0.195. The predicted molar refractivity (Wildman–Crippen MR) is 134 cm³/mol. The molecule has 0 aromatic heterocycles. The minimum absolute atomic E-state index is 0.195. The Balaban J connectivity index is 2.00. The third-order valence-electron chi connectivity index (χ3n) is 5.40. The average molecular weight is 439 g/mol. The molecule has 0 radical (unpaired) electrons. The van der Waals surface area contributed by atoms with Crippen molar-refractivity contribution in [1.29, 1.82) is 0 Å². The number of nitrogens with zero attached hydrogens (tertiary/aromatic N) is 1. The Morgan fingerprint density at radius 2 is 1.62 bits per heavy atom. The van der Waals surface area contributed by atoms with Crippen LogP contribution in [0.3, 0.4) is 0 Å². The first-order valence-electron chi connectivity index (χ1n) is 11.4. The van der Waals surface area contributed by atoms with Crippen LogP contribution in [-0.4, -0.2) is 43.2 Å². The van der Waals surface area contributed by atoms with Gasteiger partial charge in [-0.25, -0.2) is 0 Å². The molecule has 174 valence electrons. The average Bonchev–Trinajstić information content (AvgIpc) is 2.75. The molecule has 5 nitrogen and oxygen atoms in total. The van der Waals surface area contributed by atoms with Gasteiger partial charge in [-0.1, -0.05) is 38.1 Å². The second-order valence-corrected chi connectivity index (χ2v) is 8.78. The molecule has 1 amide bonds. The van der Waals surface area contributed by atoms with Crippen molar-refractivity contribution >= 4 is 17.7 Å². The molecule has 0 fully saturated rings. The number of ether oxygens (including phenoxy) is 2. The molecule has 0 saturated carbocycles. The Labute approximate surface area is 193 Å². The van der Waals surface area contributed by atoms with Crippen LogP contribution in [0.5, 0.6) is 11.5 Å². The van der Waals surface area contributed by atoms with Gasteiger partial charge in [0, 0.05) is 36.5 Å². The van der Waals surface area contributed by atoms with E-state index in [1.165, 1.54) is 11.6 Å². The summed E-state index contributed by atoms with van der Waals surface area (Å²) < 4.78 is 11.4. The number of amides is 1. The molecule has 2 aromatic carbocycles. The maximum absolute atomic E-state index is 12.4. The predicted octanol–water partition coefficient (Wildman–Crippen LogP) is 5.97. The SMILES string of the molecule is COc1ccc(NC(=O)/C=C/c2ccc(C(C)C)cc2)cc1OCCN(C(C)C)C(C)C. The molecule has 0 aliphatic carbocycles. The van der Waals surface area contributed by atoms with Crippen LogP contribution in [0.15, 0.2) is 48.5 Å². The first kappa shape index (κ1) is 25.5. The fourth-order valence-electron chi connectivity index (χ4n) is 3.59. The molecule has 0 saturated heterocycles. The molecule has 0 spiro atoms. The summed E-state index contributed by atoms with van der Waals surface area (Å²) in [6.45, 7) is 14.4. The molecule has 0 bridgehead atoms. The summed E-state index contributed by atoms with van der Waals surface area (Å²) in [5, 5.41) is 2.90. The number of carbonyl (C=O) groups is 1. The fraction of sp³-hybridized carbons (Fsp3) is 0.444. The topological polar surface area (TPSA) is 50.8 Å². The standard InChI is InChI=1S/C27H38N2O3/c1-19(2)23-11-8-22(9-12-23)10-15-27(30)28-24-13-14-25(31-7)26(18-24)32-17-16-29(20(3)4)21(5)6/h8-15,18-21H,16-17H2,1-7H3,(H,28,30)/b15-10+. The normalized spacial score (nSPS) is 11.7. The van der Waals surface area contributed by atoms with Crippen LogP contribution < -0.4 is 14.8 Å². The van der Waals surface area contributed by atoms with Crippen LogP contribution in [0.25, 0.3) is 6.08 Å². The summed E-state index contributed by atoms with van der Waals surface area (Å²) in [7, 11) is 1.61. The van der Waals surface area contributed by atoms with Crippen LogP contribution in [0.1, 0.15) is 58.6 Å². The highest BCUT2D eigenvalue weighted by molar-refractivity contribution is 6.02. The van der Waals surface area contributed by atoms with Gasteiger partial charge in [-0.15, -0.1) is 0 Å². The highest BCUT2D eigenvalue weighted by Gasteiger charge is 2.14. The third kappa shape index (κ3) is 7.72. The van der Waals surface area contributed by atoms with E-state index in [0.29, 0.717) is 41.8 Å². The Kier molecular flexibility index (Phi) is 9.79. The number of benzene rings is 2. The van der Waals surface area contributed by atoms with Crippen molar-refractivity contribution < 1.29 is 14.3 Å². The summed E-state index contributed by atoms with van der Waals surface area (Å²) in [5.74, 6) is 1.55. The van der Waals surface area contributed by atoms with Gasteiger partial charge in [-0.2, -0.15) is 0 Å². The lowest BCUT2D eigenvalue weighted by Crippen LogP contribution is -2.39. The fourth-order valence-corrected chi connectivity index (χ4v) is 3.59. The lowest BCUT2D eigenvalue weighted by atomic mass is 10.0. The van der Waals surface area contributed by atoms with Gasteiger partial charge in [0.2, 0.25) is 5.91 Å². The Bertz CT molecular complexity index is 878. The number of rotatable bonds is 11. The quantitative estimate of drug-likeness (QED) is 0.439. The van der Waals surface area contributed by atoms with E-state index in [-0.39, 0.29) is 5.91 Å². The zero-order valence-electron chi connectivity index (χ0n) is 20.5. The van der Waals surface area contributed by atoms with Gasteiger partial charge in [0.1, 0.15) is 6.61 Å². The van der Waals surface area contributed by atoms with E-state index in [1.54, 1.807) is 13.2 Å². The zero-order valence-corrected chi connectivity index (χ0v) is 20.5. The highest BCUT2D eigenvalue weighted by atomic mass is 16.5. The molecule has 0 heterocycles. The van der Waals surface area contributed by atoms with Crippen molar-refractivity contribution in [2.75, 3.05) is 25.6 Å². The van der Waals surface area contributed by atoms with Crippen molar-refractivity contribution in [3.8, 4) is 11.5 Å². The molecule has 5 heteroatoms. The summed E-state index contributed by atoms with van der Waals surface area (Å²) in [5.41, 5.74) is 2.93. The first-order valence-corrected chi connectivity index (χ1v) is 11.4. The molecule has 0 unspecified atom stereocenters. The molecule has 1 N–H and O–H groups in total. The second kappa shape index (κ2) is 12.3. The molecule has 0 aliphatic rings. The Hall–Kier alpha value is -2.79. The summed E-state index contributed by atoms with van der Waals surface area (Å²) in [6.07, 6.45) is 3.35. The van der Waals surface area contributed by atoms with Gasteiger partial charge in [-0.3, -0.25) is 9.69 Å². The van der Waals surface area contributed by atoms with E-state index in [0.717, 1.165) is 12.1 Å². The van der Waals surface area contributed by atoms with Gasteiger partial charge in [0.25, 0.3) is 0 Å². The summed E-state index contributed by atoms with van der Waals surface area (Å²) in [6, 6.07) is 14.5. The molecular weight excluding hydrogens is 400 g/mol. The number of nitrogens with one attached hydrogen (secondary N) is 1. The lowest BCUT2D eigenvalue weighted by Gasteiger charge is -2.30. The maximum atomic E-state index is 12.4. The van der Waals surface area contributed by atoms with Crippen molar-refractivity contribution in [2.24, 2.45) is 0 Å². The van der Waals surface area contributed by atoms with Crippen molar-refractivity contribution in [1.82, 2.24) is 4.90 Å². The second-order valence-electron chi connectivity index (χ2n) is 8.78. The molecule has 2 rings (SSSR count). The number of anilines is 1. The van der Waals surface area contributed by atoms with Gasteiger partial charge in [-0.05, 0) is 62.9 Å². The van der Waals surface area contributed by atoms with Crippen LogP contribution in [0.2, 0.25) is 0 Å². The molecule has 32 heavy (non-hydrogen) atoms.